The van der Waals surface area contributed by atoms with Crippen molar-refractivity contribution in [3.8, 4) is 0 Å². The van der Waals surface area contributed by atoms with Crippen LogP contribution in [0.4, 0.5) is 0 Å². The van der Waals surface area contributed by atoms with Gasteiger partial charge in [0, 0.05) is 45.3 Å². The average molecular weight is 334 g/mol. The van der Waals surface area contributed by atoms with Gasteiger partial charge in [0.05, 0.1) is 17.8 Å². The Hall–Kier alpha value is -1.73. The van der Waals surface area contributed by atoms with Crippen LogP contribution in [0.15, 0.2) is 10.9 Å². The molecule has 1 amide bonds. The fourth-order valence-corrected chi connectivity index (χ4v) is 3.35. The van der Waals surface area contributed by atoms with Crippen LogP contribution in [-0.4, -0.2) is 52.4 Å². The molecule has 3 heterocycles. The van der Waals surface area contributed by atoms with Gasteiger partial charge in [-0.25, -0.2) is 4.68 Å². The number of nitrogens with zero attached hydrogens (tertiary/aromatic N) is 3. The first-order chi connectivity index (χ1) is 11.6. The quantitative estimate of drug-likeness (QED) is 0.838. The Morgan fingerprint density at radius 2 is 2.38 bits per heavy atom. The Kier molecular flexibility index (Phi) is 5.30. The molecular formula is C17H26N4O3. The van der Waals surface area contributed by atoms with Gasteiger partial charge >= 0.3 is 0 Å². The van der Waals surface area contributed by atoms with Gasteiger partial charge in [0.15, 0.2) is 0 Å². The molecule has 0 bridgehead atoms. The topological polar surface area (TPSA) is 76.5 Å². The molecule has 0 aliphatic carbocycles. The number of ether oxygens (including phenoxy) is 1. The Balaban J connectivity index is 1.60. The minimum atomic E-state index is -0.229. The molecule has 2 aliphatic heterocycles. The second-order valence-electron chi connectivity index (χ2n) is 6.55. The molecule has 1 aromatic heterocycles. The van der Waals surface area contributed by atoms with Crippen LogP contribution < -0.4 is 10.9 Å². The average Bonchev–Trinajstić information content (AvgIpc) is 3.11. The van der Waals surface area contributed by atoms with Gasteiger partial charge in [0.2, 0.25) is 5.91 Å². The van der Waals surface area contributed by atoms with E-state index >= 15 is 0 Å². The summed E-state index contributed by atoms with van der Waals surface area (Å²) in [5.41, 5.74) is 1.84. The zero-order valence-corrected chi connectivity index (χ0v) is 14.5. The first-order valence-electron chi connectivity index (χ1n) is 8.81. The number of carbonyl (C=O) groups is 1. The summed E-state index contributed by atoms with van der Waals surface area (Å²) < 4.78 is 7.03. The molecule has 1 aromatic rings. The molecule has 0 radical (unpaired) electrons. The molecule has 132 valence electrons. The first-order valence-corrected chi connectivity index (χ1v) is 8.81. The predicted molar refractivity (Wildman–Crippen MR) is 89.7 cm³/mol. The van der Waals surface area contributed by atoms with Gasteiger partial charge in [-0.2, -0.15) is 5.10 Å². The van der Waals surface area contributed by atoms with Crippen molar-refractivity contribution in [2.24, 2.45) is 0 Å². The van der Waals surface area contributed by atoms with Crippen LogP contribution in [0.3, 0.4) is 0 Å². The molecule has 0 unspecified atom stereocenters. The molecular weight excluding hydrogens is 308 g/mol. The van der Waals surface area contributed by atoms with E-state index < -0.39 is 0 Å². The summed E-state index contributed by atoms with van der Waals surface area (Å²) in [4.78, 5) is 26.5. The standard InChI is InChI=1S/C17H26N4O3/c1-3-21-16(22)9-13-11-20(7-6-15(13)19-21)12(2)17(23)18-10-14-5-4-8-24-14/h9,12,14H,3-8,10-11H2,1-2H3,(H,18,23)/t12-,14-/m1/s1. The van der Waals surface area contributed by atoms with Gasteiger partial charge in [-0.05, 0) is 32.3 Å². The zero-order chi connectivity index (χ0) is 17.1. The molecule has 0 saturated carbocycles. The highest BCUT2D eigenvalue weighted by Gasteiger charge is 2.27. The van der Waals surface area contributed by atoms with Crippen molar-refractivity contribution in [3.05, 3.63) is 27.7 Å². The lowest BCUT2D eigenvalue weighted by Crippen LogP contribution is -2.48. The number of rotatable bonds is 5. The molecule has 1 saturated heterocycles. The van der Waals surface area contributed by atoms with E-state index in [9.17, 15) is 9.59 Å². The van der Waals surface area contributed by atoms with E-state index in [1.165, 1.54) is 4.68 Å². The van der Waals surface area contributed by atoms with Crippen LogP contribution in [0.2, 0.25) is 0 Å². The highest BCUT2D eigenvalue weighted by atomic mass is 16.5. The lowest BCUT2D eigenvalue weighted by molar-refractivity contribution is -0.126. The molecule has 24 heavy (non-hydrogen) atoms. The molecule has 7 heteroatoms. The number of aryl methyl sites for hydroxylation is 1. The normalized spacial score (nSPS) is 22.2. The molecule has 0 aromatic carbocycles. The Labute approximate surface area is 142 Å². The third kappa shape index (κ3) is 3.67. The smallest absolute Gasteiger partial charge is 0.267 e. The number of amides is 1. The van der Waals surface area contributed by atoms with Crippen LogP contribution in [0.5, 0.6) is 0 Å². The van der Waals surface area contributed by atoms with Crippen LogP contribution in [0.1, 0.15) is 37.9 Å². The monoisotopic (exact) mass is 334 g/mol. The molecule has 2 atom stereocenters. The summed E-state index contributed by atoms with van der Waals surface area (Å²) in [6.07, 6.45) is 3.00. The first kappa shape index (κ1) is 17.1. The number of hydrogen-bond acceptors (Lipinski definition) is 5. The predicted octanol–water partition coefficient (Wildman–Crippen LogP) is 0.305. The van der Waals surface area contributed by atoms with E-state index in [1.54, 1.807) is 6.07 Å². The van der Waals surface area contributed by atoms with Crippen LogP contribution in [0, 0.1) is 0 Å². The maximum absolute atomic E-state index is 12.4. The molecule has 3 rings (SSSR count). The molecule has 7 nitrogen and oxygen atoms in total. The van der Waals surface area contributed by atoms with Gasteiger partial charge in [-0.3, -0.25) is 14.5 Å². The Morgan fingerprint density at radius 1 is 1.54 bits per heavy atom. The van der Waals surface area contributed by atoms with Crippen LogP contribution in [-0.2, 0) is 29.0 Å². The summed E-state index contributed by atoms with van der Waals surface area (Å²) in [7, 11) is 0. The van der Waals surface area contributed by atoms with Crippen molar-refractivity contribution in [2.75, 3.05) is 19.7 Å². The van der Waals surface area contributed by atoms with Crippen molar-refractivity contribution in [1.82, 2.24) is 20.0 Å². The van der Waals surface area contributed by atoms with Gasteiger partial charge in [0.25, 0.3) is 5.56 Å². The van der Waals surface area contributed by atoms with Crippen molar-refractivity contribution < 1.29 is 9.53 Å². The molecule has 1 fully saturated rings. The minimum absolute atomic E-state index is 0.0174. The van der Waals surface area contributed by atoms with Crippen LogP contribution >= 0.6 is 0 Å². The fourth-order valence-electron chi connectivity index (χ4n) is 3.35. The highest BCUT2D eigenvalue weighted by molar-refractivity contribution is 5.81. The van der Waals surface area contributed by atoms with E-state index in [0.717, 1.165) is 43.7 Å². The molecule has 0 spiro atoms. The zero-order valence-electron chi connectivity index (χ0n) is 14.5. The third-order valence-corrected chi connectivity index (χ3v) is 4.93. The third-order valence-electron chi connectivity index (χ3n) is 4.93. The molecule has 2 aliphatic rings. The number of nitrogens with one attached hydrogen (secondary N) is 1. The van der Waals surface area contributed by atoms with E-state index in [4.69, 9.17) is 4.74 Å². The fraction of sp³-hybridized carbons (Fsp3) is 0.706. The van der Waals surface area contributed by atoms with E-state index in [-0.39, 0.29) is 23.6 Å². The Morgan fingerprint density at radius 3 is 3.08 bits per heavy atom. The van der Waals surface area contributed by atoms with Crippen molar-refractivity contribution in [3.63, 3.8) is 0 Å². The maximum atomic E-state index is 12.4. The summed E-state index contributed by atoms with van der Waals surface area (Å²) in [5.74, 6) is 0.0174. The minimum Gasteiger partial charge on any atom is -0.376 e. The van der Waals surface area contributed by atoms with Crippen LogP contribution in [0.25, 0.3) is 0 Å². The largest absolute Gasteiger partial charge is 0.376 e. The highest BCUT2D eigenvalue weighted by Crippen LogP contribution is 2.18. The number of aromatic nitrogens is 2. The number of carbonyl (C=O) groups excluding carboxylic acids is 1. The SMILES string of the molecule is CCn1nc2c(cc1=O)CN([C@H](C)C(=O)NC[C@H]1CCCO1)CC2. The summed E-state index contributed by atoms with van der Waals surface area (Å²) in [5, 5.41) is 7.41. The van der Waals surface area contributed by atoms with E-state index in [2.05, 4.69) is 15.3 Å². The number of fused-ring (bicyclic) bond motifs is 1. The summed E-state index contributed by atoms with van der Waals surface area (Å²) in [6, 6.07) is 1.43. The molecule has 1 N–H and O–H groups in total. The lowest BCUT2D eigenvalue weighted by atomic mass is 10.0. The second kappa shape index (κ2) is 7.44. The Bertz CT molecular complexity index is 652. The van der Waals surface area contributed by atoms with E-state index in [1.807, 2.05) is 13.8 Å². The van der Waals surface area contributed by atoms with Gasteiger partial charge < -0.3 is 10.1 Å². The van der Waals surface area contributed by atoms with Gasteiger partial charge in [0.1, 0.15) is 0 Å². The summed E-state index contributed by atoms with van der Waals surface area (Å²) in [6.45, 7) is 7.15. The van der Waals surface area contributed by atoms with Crippen molar-refractivity contribution in [1.29, 1.82) is 0 Å². The van der Waals surface area contributed by atoms with Gasteiger partial charge in [-0.15, -0.1) is 0 Å². The second-order valence-corrected chi connectivity index (χ2v) is 6.55. The van der Waals surface area contributed by atoms with E-state index in [0.29, 0.717) is 19.6 Å². The lowest BCUT2D eigenvalue weighted by Gasteiger charge is -2.32. The van der Waals surface area contributed by atoms with Gasteiger partial charge in [-0.1, -0.05) is 0 Å². The summed E-state index contributed by atoms with van der Waals surface area (Å²) >= 11 is 0. The number of hydrogen-bond donors (Lipinski definition) is 1. The van der Waals surface area contributed by atoms with Crippen molar-refractivity contribution in [2.45, 2.75) is 58.3 Å². The van der Waals surface area contributed by atoms with Crippen molar-refractivity contribution >= 4 is 5.91 Å². The maximum Gasteiger partial charge on any atom is 0.267 e.